The van der Waals surface area contributed by atoms with Gasteiger partial charge in [0.05, 0.1) is 5.60 Å². The Labute approximate surface area is 129 Å². The van der Waals surface area contributed by atoms with Crippen molar-refractivity contribution >= 4 is 0 Å². The summed E-state index contributed by atoms with van der Waals surface area (Å²) in [6.07, 6.45) is 9.94. The van der Waals surface area contributed by atoms with Gasteiger partial charge in [-0.2, -0.15) is 0 Å². The Morgan fingerprint density at radius 1 is 0.952 bits per heavy atom. The molecule has 0 radical (unpaired) electrons. The molecule has 1 aliphatic carbocycles. The summed E-state index contributed by atoms with van der Waals surface area (Å²) in [5, 5.41) is 11.4. The van der Waals surface area contributed by atoms with E-state index < -0.39 is 5.60 Å². The first-order valence-electron chi connectivity index (χ1n) is 8.79. The summed E-state index contributed by atoms with van der Waals surface area (Å²) in [6.45, 7) is 3.52. The van der Waals surface area contributed by atoms with Gasteiger partial charge in [-0.3, -0.25) is 0 Å². The molecule has 0 aromatic heterocycles. The second-order valence-electron chi connectivity index (χ2n) is 6.95. The lowest BCUT2D eigenvalue weighted by atomic mass is 9.71. The van der Waals surface area contributed by atoms with Gasteiger partial charge in [0.2, 0.25) is 0 Å². The Morgan fingerprint density at radius 3 is 2.38 bits per heavy atom. The lowest BCUT2D eigenvalue weighted by Gasteiger charge is -2.42. The van der Waals surface area contributed by atoms with Gasteiger partial charge in [0.1, 0.15) is 0 Å². The Morgan fingerprint density at radius 2 is 1.67 bits per heavy atom. The van der Waals surface area contributed by atoms with E-state index in [1.165, 1.54) is 51.6 Å². The molecule has 0 spiro atoms. The number of benzene rings is 1. The highest BCUT2D eigenvalue weighted by atomic mass is 16.3. The lowest BCUT2D eigenvalue weighted by Crippen LogP contribution is -2.44. The molecule has 2 nitrogen and oxygen atoms in total. The first-order valence-corrected chi connectivity index (χ1v) is 8.79. The third-order valence-corrected chi connectivity index (χ3v) is 5.49. The molecule has 2 unspecified atom stereocenters. The summed E-state index contributed by atoms with van der Waals surface area (Å²) >= 11 is 0. The van der Waals surface area contributed by atoms with Crippen LogP contribution in [0.1, 0.15) is 56.9 Å². The van der Waals surface area contributed by atoms with Crippen molar-refractivity contribution < 1.29 is 5.11 Å². The normalized spacial score (nSPS) is 31.8. The van der Waals surface area contributed by atoms with Crippen LogP contribution in [0.5, 0.6) is 0 Å². The van der Waals surface area contributed by atoms with Crippen molar-refractivity contribution in [1.82, 2.24) is 4.90 Å². The third kappa shape index (κ3) is 3.49. The molecule has 2 fully saturated rings. The molecule has 3 rings (SSSR count). The van der Waals surface area contributed by atoms with Gasteiger partial charge in [-0.25, -0.2) is 0 Å². The molecule has 116 valence electrons. The van der Waals surface area contributed by atoms with E-state index in [9.17, 15) is 5.11 Å². The molecule has 1 aromatic carbocycles. The quantitative estimate of drug-likeness (QED) is 0.910. The van der Waals surface area contributed by atoms with Gasteiger partial charge in [0, 0.05) is 12.5 Å². The molecule has 1 saturated heterocycles. The molecule has 1 saturated carbocycles. The minimum absolute atomic E-state index is 0.395. The largest absolute Gasteiger partial charge is 0.385 e. The van der Waals surface area contributed by atoms with Crippen LogP contribution in [0.4, 0.5) is 0 Å². The minimum Gasteiger partial charge on any atom is -0.385 e. The fraction of sp³-hybridized carbons (Fsp3) is 0.684. The van der Waals surface area contributed by atoms with Crippen LogP contribution >= 0.6 is 0 Å². The van der Waals surface area contributed by atoms with E-state index >= 15 is 0 Å². The van der Waals surface area contributed by atoms with E-state index in [1.54, 1.807) is 0 Å². The molecule has 0 amide bonds. The zero-order valence-electron chi connectivity index (χ0n) is 13.1. The van der Waals surface area contributed by atoms with Crippen LogP contribution in [0.2, 0.25) is 0 Å². The Hall–Kier alpha value is -0.860. The third-order valence-electron chi connectivity index (χ3n) is 5.49. The molecular weight excluding hydrogens is 258 g/mol. The number of likely N-dealkylation sites (tertiary alicyclic amines) is 1. The standard InChI is InChI=1S/C19H29NO/c21-19(17-10-4-3-5-11-17)13-7-6-12-18(19)16-20-14-8-1-2-9-15-20/h3-5,10-11,18,21H,1-2,6-9,12-16H2. The van der Waals surface area contributed by atoms with E-state index in [4.69, 9.17) is 0 Å². The van der Waals surface area contributed by atoms with Crippen LogP contribution in [-0.4, -0.2) is 29.6 Å². The van der Waals surface area contributed by atoms with Crippen molar-refractivity contribution in [3.8, 4) is 0 Å². The molecule has 2 aliphatic rings. The SMILES string of the molecule is OC1(c2ccccc2)CCCCC1CN1CCCCCC1. The zero-order valence-corrected chi connectivity index (χ0v) is 13.1. The summed E-state index contributed by atoms with van der Waals surface area (Å²) in [4.78, 5) is 2.61. The van der Waals surface area contributed by atoms with Crippen molar-refractivity contribution in [2.75, 3.05) is 19.6 Å². The van der Waals surface area contributed by atoms with Crippen LogP contribution in [0, 0.1) is 5.92 Å². The van der Waals surface area contributed by atoms with Crippen LogP contribution in [0.15, 0.2) is 30.3 Å². The first kappa shape index (κ1) is 15.1. The van der Waals surface area contributed by atoms with E-state index in [0.717, 1.165) is 24.9 Å². The average Bonchev–Trinajstić information content (AvgIpc) is 2.79. The molecule has 1 aliphatic heterocycles. The van der Waals surface area contributed by atoms with Gasteiger partial charge in [-0.15, -0.1) is 0 Å². The molecule has 1 aromatic rings. The summed E-state index contributed by atoms with van der Waals surface area (Å²) in [5.41, 5.74) is 0.524. The van der Waals surface area contributed by atoms with Gasteiger partial charge in [-0.1, -0.05) is 56.0 Å². The molecule has 2 atom stereocenters. The number of aliphatic hydroxyl groups is 1. The molecule has 1 N–H and O–H groups in total. The first-order chi connectivity index (χ1) is 10.3. The van der Waals surface area contributed by atoms with Gasteiger partial charge >= 0.3 is 0 Å². The maximum Gasteiger partial charge on any atom is 0.0936 e. The topological polar surface area (TPSA) is 23.5 Å². The van der Waals surface area contributed by atoms with E-state index in [0.29, 0.717) is 5.92 Å². The van der Waals surface area contributed by atoms with Crippen molar-refractivity contribution in [3.63, 3.8) is 0 Å². The fourth-order valence-corrected chi connectivity index (χ4v) is 4.21. The number of rotatable bonds is 3. The highest BCUT2D eigenvalue weighted by molar-refractivity contribution is 5.24. The Bertz CT molecular complexity index is 424. The Balaban J connectivity index is 1.74. The fourth-order valence-electron chi connectivity index (χ4n) is 4.21. The van der Waals surface area contributed by atoms with Crippen LogP contribution < -0.4 is 0 Å². The van der Waals surface area contributed by atoms with Crippen molar-refractivity contribution in [3.05, 3.63) is 35.9 Å². The lowest BCUT2D eigenvalue weighted by molar-refractivity contribution is -0.0654. The summed E-state index contributed by atoms with van der Waals surface area (Å²) < 4.78 is 0. The predicted molar refractivity (Wildman–Crippen MR) is 87.2 cm³/mol. The smallest absolute Gasteiger partial charge is 0.0936 e. The number of nitrogens with zero attached hydrogens (tertiary/aromatic N) is 1. The minimum atomic E-state index is -0.605. The zero-order chi connectivity index (χ0) is 14.5. The van der Waals surface area contributed by atoms with E-state index in [2.05, 4.69) is 29.2 Å². The second kappa shape index (κ2) is 6.93. The number of hydrogen-bond donors (Lipinski definition) is 1. The van der Waals surface area contributed by atoms with Gasteiger partial charge in [-0.05, 0) is 44.3 Å². The number of hydrogen-bond acceptors (Lipinski definition) is 2. The predicted octanol–water partition coefficient (Wildman–Crippen LogP) is 3.94. The maximum atomic E-state index is 11.4. The summed E-state index contributed by atoms with van der Waals surface area (Å²) in [5.74, 6) is 0.395. The van der Waals surface area contributed by atoms with Crippen molar-refractivity contribution in [2.24, 2.45) is 5.92 Å². The highest BCUT2D eigenvalue weighted by Crippen LogP contribution is 2.42. The van der Waals surface area contributed by atoms with Crippen LogP contribution in [0.3, 0.4) is 0 Å². The Kier molecular flexibility index (Phi) is 4.97. The average molecular weight is 287 g/mol. The van der Waals surface area contributed by atoms with Gasteiger partial charge < -0.3 is 10.0 Å². The van der Waals surface area contributed by atoms with Crippen molar-refractivity contribution in [1.29, 1.82) is 0 Å². The van der Waals surface area contributed by atoms with E-state index in [1.807, 2.05) is 6.07 Å². The van der Waals surface area contributed by atoms with Gasteiger partial charge in [0.25, 0.3) is 0 Å². The summed E-state index contributed by atoms with van der Waals surface area (Å²) in [7, 11) is 0. The summed E-state index contributed by atoms with van der Waals surface area (Å²) in [6, 6.07) is 10.4. The van der Waals surface area contributed by atoms with E-state index in [-0.39, 0.29) is 0 Å². The van der Waals surface area contributed by atoms with Crippen LogP contribution in [0.25, 0.3) is 0 Å². The molecule has 1 heterocycles. The maximum absolute atomic E-state index is 11.4. The molecule has 21 heavy (non-hydrogen) atoms. The molecular formula is C19H29NO. The molecule has 0 bridgehead atoms. The van der Waals surface area contributed by atoms with Crippen molar-refractivity contribution in [2.45, 2.75) is 57.0 Å². The highest BCUT2D eigenvalue weighted by Gasteiger charge is 2.40. The van der Waals surface area contributed by atoms with Crippen LogP contribution in [-0.2, 0) is 5.60 Å². The van der Waals surface area contributed by atoms with Gasteiger partial charge in [0.15, 0.2) is 0 Å². The monoisotopic (exact) mass is 287 g/mol. The second-order valence-corrected chi connectivity index (χ2v) is 6.95. The molecule has 2 heteroatoms.